The molecule has 0 aromatic heterocycles. The number of anilines is 1. The standard InChI is InChI=1S/C23H21NO5/c1-16(25)17-11-12-21(22(13-17)27-2)28-15-23(26)24-18-7-6-10-20(14-18)29-19-8-4-3-5-9-19/h3-14H,15H2,1-2H3,(H,24,26). The molecule has 0 spiro atoms. The lowest BCUT2D eigenvalue weighted by Gasteiger charge is -2.12. The number of amides is 1. The third kappa shape index (κ3) is 5.59. The number of methoxy groups -OCH3 is 1. The van der Waals surface area contributed by atoms with Gasteiger partial charge in [-0.15, -0.1) is 0 Å². The van der Waals surface area contributed by atoms with Crippen LogP contribution < -0.4 is 19.5 Å². The summed E-state index contributed by atoms with van der Waals surface area (Å²) in [6.07, 6.45) is 0. The van der Waals surface area contributed by atoms with Crippen molar-refractivity contribution >= 4 is 17.4 Å². The second kappa shape index (κ2) is 9.41. The largest absolute Gasteiger partial charge is 0.493 e. The third-order valence-corrected chi connectivity index (χ3v) is 4.03. The zero-order chi connectivity index (χ0) is 20.6. The van der Waals surface area contributed by atoms with Gasteiger partial charge in [-0.1, -0.05) is 24.3 Å². The van der Waals surface area contributed by atoms with Crippen LogP contribution in [0.2, 0.25) is 0 Å². The molecule has 0 radical (unpaired) electrons. The zero-order valence-corrected chi connectivity index (χ0v) is 16.2. The van der Waals surface area contributed by atoms with Crippen molar-refractivity contribution in [3.8, 4) is 23.0 Å². The van der Waals surface area contributed by atoms with Crippen LogP contribution in [0.4, 0.5) is 5.69 Å². The molecule has 1 amide bonds. The number of hydrogen-bond acceptors (Lipinski definition) is 5. The van der Waals surface area contributed by atoms with E-state index >= 15 is 0 Å². The van der Waals surface area contributed by atoms with Crippen LogP contribution in [0.5, 0.6) is 23.0 Å². The minimum atomic E-state index is -0.334. The smallest absolute Gasteiger partial charge is 0.262 e. The normalized spacial score (nSPS) is 10.1. The molecule has 6 heteroatoms. The SMILES string of the molecule is COc1cc(C(C)=O)ccc1OCC(=O)Nc1cccc(Oc2ccccc2)c1. The van der Waals surface area contributed by atoms with E-state index in [1.54, 1.807) is 42.5 Å². The monoisotopic (exact) mass is 391 g/mol. The van der Waals surface area contributed by atoms with Crippen LogP contribution in [-0.2, 0) is 4.79 Å². The van der Waals surface area contributed by atoms with Crippen molar-refractivity contribution < 1.29 is 23.8 Å². The molecule has 0 heterocycles. The molecule has 0 bridgehead atoms. The van der Waals surface area contributed by atoms with Gasteiger partial charge in [-0.2, -0.15) is 0 Å². The predicted molar refractivity (Wildman–Crippen MR) is 110 cm³/mol. The van der Waals surface area contributed by atoms with Crippen molar-refractivity contribution in [3.63, 3.8) is 0 Å². The highest BCUT2D eigenvalue weighted by molar-refractivity contribution is 5.95. The first-order valence-corrected chi connectivity index (χ1v) is 9.00. The van der Waals surface area contributed by atoms with Gasteiger partial charge in [0.15, 0.2) is 23.9 Å². The summed E-state index contributed by atoms with van der Waals surface area (Å²) < 4.78 is 16.5. The van der Waals surface area contributed by atoms with Crippen LogP contribution in [0.15, 0.2) is 72.8 Å². The molecule has 29 heavy (non-hydrogen) atoms. The Morgan fingerprint density at radius 2 is 1.62 bits per heavy atom. The van der Waals surface area contributed by atoms with Gasteiger partial charge in [-0.25, -0.2) is 0 Å². The Bertz CT molecular complexity index is 1000. The van der Waals surface area contributed by atoms with E-state index in [1.165, 1.54) is 14.0 Å². The minimum absolute atomic E-state index is 0.0785. The first-order valence-electron chi connectivity index (χ1n) is 9.00. The van der Waals surface area contributed by atoms with Gasteiger partial charge in [0.25, 0.3) is 5.91 Å². The number of benzene rings is 3. The number of ketones is 1. The molecule has 1 N–H and O–H groups in total. The van der Waals surface area contributed by atoms with Crippen molar-refractivity contribution in [1.29, 1.82) is 0 Å². The molecule has 0 saturated heterocycles. The Labute approximate surface area is 169 Å². The summed E-state index contributed by atoms with van der Waals surface area (Å²) in [7, 11) is 1.48. The molecule has 0 aliphatic carbocycles. The van der Waals surface area contributed by atoms with Gasteiger partial charge in [0, 0.05) is 17.3 Å². The molecule has 3 aromatic carbocycles. The first-order chi connectivity index (χ1) is 14.0. The van der Waals surface area contributed by atoms with E-state index in [2.05, 4.69) is 5.32 Å². The molecule has 3 rings (SSSR count). The van der Waals surface area contributed by atoms with E-state index in [1.807, 2.05) is 30.3 Å². The maximum absolute atomic E-state index is 12.3. The highest BCUT2D eigenvalue weighted by Crippen LogP contribution is 2.28. The van der Waals surface area contributed by atoms with E-state index < -0.39 is 0 Å². The van der Waals surface area contributed by atoms with Crippen molar-refractivity contribution in [3.05, 3.63) is 78.4 Å². The first kappa shape index (κ1) is 19.9. The number of hydrogen-bond donors (Lipinski definition) is 1. The average Bonchev–Trinajstić information content (AvgIpc) is 2.73. The van der Waals surface area contributed by atoms with Crippen LogP contribution in [0.3, 0.4) is 0 Å². The third-order valence-electron chi connectivity index (χ3n) is 4.03. The number of para-hydroxylation sites is 1. The number of Topliss-reactive ketones (excluding diaryl/α,β-unsaturated/α-hetero) is 1. The Balaban J connectivity index is 1.60. The van der Waals surface area contributed by atoms with Crippen LogP contribution in [0.1, 0.15) is 17.3 Å². The molecule has 0 saturated carbocycles. The topological polar surface area (TPSA) is 73.9 Å². The van der Waals surface area contributed by atoms with E-state index in [9.17, 15) is 9.59 Å². The van der Waals surface area contributed by atoms with E-state index in [0.717, 1.165) is 0 Å². The summed E-state index contributed by atoms with van der Waals surface area (Å²) in [5.74, 6) is 1.68. The summed E-state index contributed by atoms with van der Waals surface area (Å²) in [6, 6.07) is 21.3. The van der Waals surface area contributed by atoms with Gasteiger partial charge in [0.05, 0.1) is 7.11 Å². The fraction of sp³-hybridized carbons (Fsp3) is 0.130. The maximum atomic E-state index is 12.3. The van der Waals surface area contributed by atoms with Crippen LogP contribution in [0, 0.1) is 0 Å². The molecule has 0 atom stereocenters. The molecular weight excluding hydrogens is 370 g/mol. The molecule has 0 aliphatic rings. The van der Waals surface area contributed by atoms with Crippen LogP contribution in [-0.4, -0.2) is 25.4 Å². The fourth-order valence-corrected chi connectivity index (χ4v) is 2.61. The van der Waals surface area contributed by atoms with Crippen LogP contribution in [0.25, 0.3) is 0 Å². The summed E-state index contributed by atoms with van der Waals surface area (Å²) >= 11 is 0. The fourth-order valence-electron chi connectivity index (χ4n) is 2.61. The predicted octanol–water partition coefficient (Wildman–Crippen LogP) is 4.71. The Hall–Kier alpha value is -3.80. The van der Waals surface area contributed by atoms with Gasteiger partial charge in [-0.05, 0) is 49.4 Å². The number of ether oxygens (including phenoxy) is 3. The summed E-state index contributed by atoms with van der Waals surface area (Å²) in [5, 5.41) is 2.77. The maximum Gasteiger partial charge on any atom is 0.262 e. The molecular formula is C23H21NO5. The van der Waals surface area contributed by atoms with Crippen molar-refractivity contribution in [2.24, 2.45) is 0 Å². The van der Waals surface area contributed by atoms with E-state index in [4.69, 9.17) is 14.2 Å². The highest BCUT2D eigenvalue weighted by atomic mass is 16.5. The van der Waals surface area contributed by atoms with Gasteiger partial charge in [-0.3, -0.25) is 9.59 Å². The van der Waals surface area contributed by atoms with Crippen molar-refractivity contribution in [1.82, 2.24) is 0 Å². The van der Waals surface area contributed by atoms with E-state index in [0.29, 0.717) is 34.2 Å². The summed E-state index contributed by atoms with van der Waals surface area (Å²) in [5.41, 5.74) is 1.10. The molecule has 148 valence electrons. The molecule has 0 unspecified atom stereocenters. The summed E-state index contributed by atoms with van der Waals surface area (Å²) in [6.45, 7) is 1.26. The molecule has 3 aromatic rings. The second-order valence-electron chi connectivity index (χ2n) is 6.20. The quantitative estimate of drug-likeness (QED) is 0.563. The molecule has 6 nitrogen and oxygen atoms in total. The highest BCUT2D eigenvalue weighted by Gasteiger charge is 2.11. The molecule has 0 aliphatic heterocycles. The van der Waals surface area contributed by atoms with Gasteiger partial charge in [0.1, 0.15) is 11.5 Å². The van der Waals surface area contributed by atoms with Crippen molar-refractivity contribution in [2.75, 3.05) is 19.0 Å². The average molecular weight is 391 g/mol. The Morgan fingerprint density at radius 3 is 2.34 bits per heavy atom. The number of carbonyl (C=O) groups excluding carboxylic acids is 2. The van der Waals surface area contributed by atoms with Crippen LogP contribution >= 0.6 is 0 Å². The Kier molecular flexibility index (Phi) is 6.47. The second-order valence-corrected chi connectivity index (χ2v) is 6.20. The minimum Gasteiger partial charge on any atom is -0.493 e. The van der Waals surface area contributed by atoms with Gasteiger partial charge >= 0.3 is 0 Å². The van der Waals surface area contributed by atoms with Crippen molar-refractivity contribution in [2.45, 2.75) is 6.92 Å². The molecule has 0 fully saturated rings. The number of nitrogens with one attached hydrogen (secondary N) is 1. The number of rotatable bonds is 8. The zero-order valence-electron chi connectivity index (χ0n) is 16.2. The lowest BCUT2D eigenvalue weighted by atomic mass is 10.1. The summed E-state index contributed by atoms with van der Waals surface area (Å²) in [4.78, 5) is 23.7. The number of carbonyl (C=O) groups is 2. The van der Waals surface area contributed by atoms with E-state index in [-0.39, 0.29) is 18.3 Å². The van der Waals surface area contributed by atoms with Gasteiger partial charge in [0.2, 0.25) is 0 Å². The Morgan fingerprint density at radius 1 is 0.862 bits per heavy atom. The van der Waals surface area contributed by atoms with Gasteiger partial charge < -0.3 is 19.5 Å². The lowest BCUT2D eigenvalue weighted by Crippen LogP contribution is -2.20. The lowest BCUT2D eigenvalue weighted by molar-refractivity contribution is -0.118.